The molecule has 0 aromatic rings. The average Bonchev–Trinajstić information content (AvgIpc) is 3.33. The molecule has 0 aromatic heterocycles. The van der Waals surface area contributed by atoms with E-state index in [2.05, 4.69) is 61.1 Å². The summed E-state index contributed by atoms with van der Waals surface area (Å²) >= 11 is 4.87. The smallest absolute Gasteiger partial charge is 0.0366 e. The molecule has 27 heavy (non-hydrogen) atoms. The lowest BCUT2D eigenvalue weighted by Gasteiger charge is -2.50. The first-order chi connectivity index (χ1) is 12.7. The summed E-state index contributed by atoms with van der Waals surface area (Å²) in [7, 11) is 0. The average molecular weight is 395 g/mol. The van der Waals surface area contributed by atoms with Crippen molar-refractivity contribution in [3.8, 4) is 0 Å². The predicted molar refractivity (Wildman–Crippen MR) is 118 cm³/mol. The van der Waals surface area contributed by atoms with Crippen LogP contribution in [0.25, 0.3) is 0 Å². The van der Waals surface area contributed by atoms with Gasteiger partial charge < -0.3 is 4.90 Å². The molecule has 4 aliphatic heterocycles. The van der Waals surface area contributed by atoms with E-state index in [1.807, 2.05) is 0 Å². The quantitative estimate of drug-likeness (QED) is 0.695. The highest BCUT2D eigenvalue weighted by molar-refractivity contribution is 7.80. The van der Waals surface area contributed by atoms with Gasteiger partial charge in [-0.2, -0.15) is 12.6 Å². The summed E-state index contributed by atoms with van der Waals surface area (Å²) in [5.74, 6) is 2.72. The highest BCUT2D eigenvalue weighted by Gasteiger charge is 2.52. The number of likely N-dealkylation sites (tertiary alicyclic amines) is 4. The van der Waals surface area contributed by atoms with E-state index in [4.69, 9.17) is 12.6 Å². The lowest BCUT2D eigenvalue weighted by Crippen LogP contribution is -2.63. The Hall–Kier alpha value is 0.190. The monoisotopic (exact) mass is 394 g/mol. The van der Waals surface area contributed by atoms with Crippen LogP contribution >= 0.6 is 12.6 Å². The van der Waals surface area contributed by atoms with Crippen LogP contribution in [0, 0.1) is 11.8 Å². The molecule has 4 heterocycles. The van der Waals surface area contributed by atoms with Gasteiger partial charge in [-0.3, -0.25) is 14.7 Å². The van der Waals surface area contributed by atoms with Gasteiger partial charge in [-0.05, 0) is 59.8 Å². The first kappa shape index (κ1) is 20.5. The van der Waals surface area contributed by atoms with Gasteiger partial charge in [0.15, 0.2) is 0 Å². The molecule has 2 bridgehead atoms. The second-order valence-electron chi connectivity index (χ2n) is 10.9. The van der Waals surface area contributed by atoms with Crippen LogP contribution in [0.4, 0.5) is 0 Å². The van der Waals surface area contributed by atoms with Crippen molar-refractivity contribution < 1.29 is 0 Å². The first-order valence-electron chi connectivity index (χ1n) is 11.3. The van der Waals surface area contributed by atoms with Crippen LogP contribution in [0.2, 0.25) is 0 Å². The summed E-state index contributed by atoms with van der Waals surface area (Å²) < 4.78 is 0. The standard InChI is InChI=1S/C22H42N4S/c1-15(2)23-8-17-10-24(11-18(17)9-23)22(5,6)21(14-27)26-13-19-7-20(26)12-25(19)16(3)4/h15-21,27H,7-14H2,1-6H3. The Balaban J connectivity index is 1.42. The Labute approximate surface area is 173 Å². The molecule has 4 nitrogen and oxygen atoms in total. The molecule has 5 heteroatoms. The van der Waals surface area contributed by atoms with Crippen LogP contribution in [0.5, 0.6) is 0 Å². The lowest BCUT2D eigenvalue weighted by molar-refractivity contribution is 0.00314. The number of nitrogens with zero attached hydrogens (tertiary/aromatic N) is 4. The molecule has 5 unspecified atom stereocenters. The molecule has 0 spiro atoms. The number of hydrogen-bond acceptors (Lipinski definition) is 5. The largest absolute Gasteiger partial charge is 0.300 e. The van der Waals surface area contributed by atoms with E-state index in [0.29, 0.717) is 18.1 Å². The molecule has 0 radical (unpaired) electrons. The Kier molecular flexibility index (Phi) is 5.66. The Morgan fingerprint density at radius 2 is 1.37 bits per heavy atom. The summed E-state index contributed by atoms with van der Waals surface area (Å²) in [5.41, 5.74) is 0.210. The minimum atomic E-state index is 0.210. The van der Waals surface area contributed by atoms with Gasteiger partial charge in [0.1, 0.15) is 0 Å². The van der Waals surface area contributed by atoms with E-state index in [0.717, 1.165) is 29.7 Å². The van der Waals surface area contributed by atoms with E-state index in [-0.39, 0.29) is 5.54 Å². The third-order valence-electron chi connectivity index (χ3n) is 8.44. The van der Waals surface area contributed by atoms with Crippen molar-refractivity contribution in [2.75, 3.05) is 45.0 Å². The van der Waals surface area contributed by atoms with Crippen LogP contribution < -0.4 is 0 Å². The van der Waals surface area contributed by atoms with Crippen molar-refractivity contribution in [1.82, 2.24) is 19.6 Å². The van der Waals surface area contributed by atoms with Gasteiger partial charge in [0.25, 0.3) is 0 Å². The molecule has 0 aromatic carbocycles. The van der Waals surface area contributed by atoms with Crippen LogP contribution in [0.1, 0.15) is 48.0 Å². The van der Waals surface area contributed by atoms with Gasteiger partial charge in [-0.25, -0.2) is 0 Å². The number of hydrogen-bond donors (Lipinski definition) is 1. The Bertz CT molecular complexity index is 522. The zero-order chi connectivity index (χ0) is 19.5. The molecule has 4 fully saturated rings. The second kappa shape index (κ2) is 7.46. The number of fused-ring (bicyclic) bond motifs is 3. The minimum Gasteiger partial charge on any atom is -0.300 e. The number of piperazine rings is 1. The third kappa shape index (κ3) is 3.50. The van der Waals surface area contributed by atoms with E-state index in [1.165, 1.54) is 45.7 Å². The van der Waals surface area contributed by atoms with Gasteiger partial charge in [0.2, 0.25) is 0 Å². The molecule has 4 saturated heterocycles. The van der Waals surface area contributed by atoms with Crippen molar-refractivity contribution in [3.63, 3.8) is 0 Å². The van der Waals surface area contributed by atoms with Crippen LogP contribution in [0.3, 0.4) is 0 Å². The zero-order valence-corrected chi connectivity index (χ0v) is 19.3. The summed E-state index contributed by atoms with van der Waals surface area (Å²) in [4.78, 5) is 11.1. The van der Waals surface area contributed by atoms with Crippen molar-refractivity contribution in [2.24, 2.45) is 11.8 Å². The molecule has 0 N–H and O–H groups in total. The SMILES string of the molecule is CC(C)N1CC2CN(C(C)(C)C(CS)N3CC4CC3CN4C(C)C)CC2C1. The van der Waals surface area contributed by atoms with Crippen LogP contribution in [-0.4, -0.2) is 100 Å². The van der Waals surface area contributed by atoms with Crippen molar-refractivity contribution in [3.05, 3.63) is 0 Å². The van der Waals surface area contributed by atoms with Gasteiger partial charge in [0, 0.05) is 80.8 Å². The summed E-state index contributed by atoms with van der Waals surface area (Å²) in [6.45, 7) is 22.1. The van der Waals surface area contributed by atoms with Crippen molar-refractivity contribution in [1.29, 1.82) is 0 Å². The zero-order valence-electron chi connectivity index (χ0n) is 18.4. The summed E-state index contributed by atoms with van der Waals surface area (Å²) in [6, 6.07) is 3.46. The summed E-state index contributed by atoms with van der Waals surface area (Å²) in [6.07, 6.45) is 1.37. The third-order valence-corrected chi connectivity index (χ3v) is 8.78. The minimum absolute atomic E-state index is 0.210. The highest BCUT2D eigenvalue weighted by Crippen LogP contribution is 2.41. The van der Waals surface area contributed by atoms with E-state index in [9.17, 15) is 0 Å². The van der Waals surface area contributed by atoms with E-state index >= 15 is 0 Å². The van der Waals surface area contributed by atoms with Crippen LogP contribution in [-0.2, 0) is 0 Å². The Morgan fingerprint density at radius 1 is 0.815 bits per heavy atom. The Morgan fingerprint density at radius 3 is 1.81 bits per heavy atom. The normalized spacial score (nSPS) is 37.2. The maximum absolute atomic E-state index is 4.87. The maximum atomic E-state index is 4.87. The van der Waals surface area contributed by atoms with E-state index in [1.54, 1.807) is 0 Å². The molecule has 4 aliphatic rings. The molecular formula is C22H42N4S. The molecule has 0 saturated carbocycles. The fourth-order valence-corrected chi connectivity index (χ4v) is 7.27. The number of rotatable bonds is 6. The van der Waals surface area contributed by atoms with Crippen LogP contribution in [0.15, 0.2) is 0 Å². The molecular weight excluding hydrogens is 352 g/mol. The molecule has 156 valence electrons. The highest BCUT2D eigenvalue weighted by atomic mass is 32.1. The lowest BCUT2D eigenvalue weighted by atomic mass is 9.91. The van der Waals surface area contributed by atoms with Gasteiger partial charge >= 0.3 is 0 Å². The second-order valence-corrected chi connectivity index (χ2v) is 11.2. The fourth-order valence-electron chi connectivity index (χ4n) is 6.61. The maximum Gasteiger partial charge on any atom is 0.0366 e. The van der Waals surface area contributed by atoms with E-state index < -0.39 is 0 Å². The van der Waals surface area contributed by atoms with Gasteiger partial charge in [0.05, 0.1) is 0 Å². The fraction of sp³-hybridized carbons (Fsp3) is 1.00. The summed E-state index contributed by atoms with van der Waals surface area (Å²) in [5, 5.41) is 0. The number of thiol groups is 1. The molecule has 0 aliphatic carbocycles. The van der Waals surface area contributed by atoms with Gasteiger partial charge in [-0.1, -0.05) is 0 Å². The first-order valence-corrected chi connectivity index (χ1v) is 12.0. The molecule has 0 amide bonds. The predicted octanol–water partition coefficient (Wildman–Crippen LogP) is 2.50. The van der Waals surface area contributed by atoms with Crippen molar-refractivity contribution in [2.45, 2.75) is 83.7 Å². The molecule has 5 atom stereocenters. The topological polar surface area (TPSA) is 13.0 Å². The molecule has 4 rings (SSSR count). The van der Waals surface area contributed by atoms with Crippen molar-refractivity contribution >= 4 is 12.6 Å². The van der Waals surface area contributed by atoms with Gasteiger partial charge in [-0.15, -0.1) is 0 Å².